The van der Waals surface area contributed by atoms with Crippen molar-refractivity contribution in [2.75, 3.05) is 17.8 Å². The lowest BCUT2D eigenvalue weighted by Gasteiger charge is -2.22. The highest BCUT2D eigenvalue weighted by atomic mass is 32.2. The van der Waals surface area contributed by atoms with E-state index < -0.39 is 38.1 Å². The van der Waals surface area contributed by atoms with Gasteiger partial charge in [-0.3, -0.25) is 14.4 Å². The number of hydrogen-bond donors (Lipinski definition) is 2. The van der Waals surface area contributed by atoms with E-state index in [9.17, 15) is 17.2 Å². The molecule has 0 unspecified atom stereocenters. The highest BCUT2D eigenvalue weighted by molar-refractivity contribution is 7.92. The number of aromatic nitrogens is 3. The van der Waals surface area contributed by atoms with Crippen LogP contribution in [0, 0.1) is 17.5 Å². The van der Waals surface area contributed by atoms with Crippen LogP contribution in [0.15, 0.2) is 72.0 Å². The fourth-order valence-electron chi connectivity index (χ4n) is 4.27. The first-order valence-electron chi connectivity index (χ1n) is 11.3. The van der Waals surface area contributed by atoms with E-state index in [1.165, 1.54) is 18.2 Å². The molecule has 0 radical (unpaired) electrons. The molecule has 0 atom stereocenters. The monoisotopic (exact) mass is 513 g/mol. The average molecular weight is 514 g/mol. The van der Waals surface area contributed by atoms with Gasteiger partial charge in [0.1, 0.15) is 22.2 Å². The number of sulfonamides is 1. The summed E-state index contributed by atoms with van der Waals surface area (Å²) in [4.78, 5) is 3.12. The Hall–Kier alpha value is -3.70. The van der Waals surface area contributed by atoms with Crippen molar-refractivity contribution in [3.8, 4) is 22.4 Å². The molecule has 1 aliphatic rings. The lowest BCUT2D eigenvalue weighted by Crippen LogP contribution is -2.29. The Morgan fingerprint density at radius 2 is 1.72 bits per heavy atom. The minimum absolute atomic E-state index is 0.0643. The van der Waals surface area contributed by atoms with Crippen LogP contribution < -0.4 is 10.0 Å². The van der Waals surface area contributed by atoms with E-state index in [2.05, 4.69) is 10.3 Å². The van der Waals surface area contributed by atoms with Crippen LogP contribution in [-0.2, 0) is 10.0 Å². The molecule has 0 bridgehead atoms. The molecule has 11 heteroatoms. The molecule has 0 amide bonds. The molecule has 2 aromatic heterocycles. The molecule has 1 fully saturated rings. The SMILES string of the molecule is O=S(=O)(Nc1cccc(-c2nn(C3CCNCC3)cc2-c2ccncc2)c1F)c1cc(F)ccc1F. The molecular weight excluding hydrogens is 491 g/mol. The Morgan fingerprint density at radius 1 is 0.972 bits per heavy atom. The van der Waals surface area contributed by atoms with Crippen LogP contribution in [0.2, 0.25) is 0 Å². The van der Waals surface area contributed by atoms with E-state index in [-0.39, 0.29) is 11.6 Å². The van der Waals surface area contributed by atoms with E-state index in [1.54, 1.807) is 24.5 Å². The summed E-state index contributed by atoms with van der Waals surface area (Å²) in [6, 6.07) is 9.91. The molecule has 1 aliphatic heterocycles. The van der Waals surface area contributed by atoms with Gasteiger partial charge in [0.2, 0.25) is 0 Å². The lowest BCUT2D eigenvalue weighted by atomic mass is 10.0. The standard InChI is InChI=1S/C25H22F3N5O2S/c26-17-4-5-21(27)23(14-17)36(34,35)32-22-3-1-2-19(24(22)28)25-20(16-6-10-29-11-7-16)15-33(31-25)18-8-12-30-13-9-18/h1-7,10-11,14-15,18,30,32H,8-9,12-13H2. The van der Waals surface area contributed by atoms with E-state index in [0.29, 0.717) is 23.4 Å². The van der Waals surface area contributed by atoms with Crippen LogP contribution in [0.5, 0.6) is 0 Å². The molecule has 3 heterocycles. The van der Waals surface area contributed by atoms with Crippen LogP contribution in [0.25, 0.3) is 22.4 Å². The number of halogens is 3. The van der Waals surface area contributed by atoms with E-state index in [1.807, 2.05) is 15.6 Å². The smallest absolute Gasteiger partial charge is 0.265 e. The molecule has 7 nitrogen and oxygen atoms in total. The van der Waals surface area contributed by atoms with Crippen molar-refractivity contribution >= 4 is 15.7 Å². The quantitative estimate of drug-likeness (QED) is 0.388. The summed E-state index contributed by atoms with van der Waals surface area (Å²) in [6.45, 7) is 1.68. The lowest BCUT2D eigenvalue weighted by molar-refractivity contribution is 0.343. The topological polar surface area (TPSA) is 88.9 Å². The second-order valence-electron chi connectivity index (χ2n) is 8.44. The summed E-state index contributed by atoms with van der Waals surface area (Å²) in [5, 5.41) is 8.01. The van der Waals surface area contributed by atoms with Gasteiger partial charge in [-0.1, -0.05) is 6.07 Å². The van der Waals surface area contributed by atoms with E-state index in [4.69, 9.17) is 5.10 Å². The summed E-state index contributed by atoms with van der Waals surface area (Å²) in [6.07, 6.45) is 6.82. The highest BCUT2D eigenvalue weighted by Gasteiger charge is 2.25. The third-order valence-corrected chi connectivity index (χ3v) is 7.47. The van der Waals surface area contributed by atoms with Gasteiger partial charge in [0.05, 0.1) is 11.7 Å². The van der Waals surface area contributed by atoms with Crippen molar-refractivity contribution in [1.82, 2.24) is 20.1 Å². The fraction of sp³-hybridized carbons (Fsp3) is 0.200. The van der Waals surface area contributed by atoms with Gasteiger partial charge < -0.3 is 5.32 Å². The first-order valence-corrected chi connectivity index (χ1v) is 12.8. The maximum atomic E-state index is 15.8. The molecule has 0 saturated carbocycles. The van der Waals surface area contributed by atoms with Crippen molar-refractivity contribution in [3.05, 3.63) is 84.6 Å². The van der Waals surface area contributed by atoms with Crippen molar-refractivity contribution in [2.24, 2.45) is 0 Å². The van der Waals surface area contributed by atoms with Crippen LogP contribution in [0.4, 0.5) is 18.9 Å². The van der Waals surface area contributed by atoms with Crippen LogP contribution in [0.3, 0.4) is 0 Å². The van der Waals surface area contributed by atoms with Gasteiger partial charge in [-0.05, 0) is 74.0 Å². The van der Waals surface area contributed by atoms with Crippen molar-refractivity contribution < 1.29 is 21.6 Å². The molecule has 2 aromatic carbocycles. The third-order valence-electron chi connectivity index (χ3n) is 6.09. The zero-order valence-electron chi connectivity index (χ0n) is 19.0. The molecule has 0 spiro atoms. The minimum Gasteiger partial charge on any atom is -0.317 e. The molecule has 0 aliphatic carbocycles. The Morgan fingerprint density at radius 3 is 2.47 bits per heavy atom. The molecule has 5 rings (SSSR count). The van der Waals surface area contributed by atoms with Crippen LogP contribution in [-0.4, -0.2) is 36.3 Å². The summed E-state index contributed by atoms with van der Waals surface area (Å²) in [5.41, 5.74) is 1.41. The van der Waals surface area contributed by atoms with Gasteiger partial charge in [0, 0.05) is 29.7 Å². The number of piperidine rings is 1. The van der Waals surface area contributed by atoms with Crippen LogP contribution in [0.1, 0.15) is 18.9 Å². The summed E-state index contributed by atoms with van der Waals surface area (Å²) in [7, 11) is -4.61. The molecule has 36 heavy (non-hydrogen) atoms. The normalized spacial score (nSPS) is 14.6. The van der Waals surface area contributed by atoms with Gasteiger partial charge in [-0.25, -0.2) is 21.6 Å². The second kappa shape index (κ2) is 9.75. The predicted molar refractivity (Wildman–Crippen MR) is 129 cm³/mol. The van der Waals surface area contributed by atoms with Crippen LogP contribution >= 0.6 is 0 Å². The largest absolute Gasteiger partial charge is 0.317 e. The highest BCUT2D eigenvalue weighted by Crippen LogP contribution is 2.36. The zero-order valence-corrected chi connectivity index (χ0v) is 19.8. The number of hydrogen-bond acceptors (Lipinski definition) is 5. The summed E-state index contributed by atoms with van der Waals surface area (Å²) < 4.78 is 72.9. The predicted octanol–water partition coefficient (Wildman–Crippen LogP) is 4.75. The minimum atomic E-state index is -4.61. The Bertz CT molecular complexity index is 1500. The maximum absolute atomic E-state index is 15.8. The number of nitrogens with zero attached hydrogens (tertiary/aromatic N) is 3. The van der Waals surface area contributed by atoms with Gasteiger partial charge in [0.25, 0.3) is 10.0 Å². The van der Waals surface area contributed by atoms with Gasteiger partial charge in [-0.2, -0.15) is 5.10 Å². The van der Waals surface area contributed by atoms with E-state index in [0.717, 1.165) is 37.6 Å². The molecular formula is C25H22F3N5O2S. The number of nitrogens with one attached hydrogen (secondary N) is 2. The van der Waals surface area contributed by atoms with Crippen molar-refractivity contribution in [1.29, 1.82) is 0 Å². The molecule has 1 saturated heterocycles. The fourth-order valence-corrected chi connectivity index (χ4v) is 5.42. The van der Waals surface area contributed by atoms with E-state index >= 15 is 4.39 Å². The third kappa shape index (κ3) is 4.71. The number of benzene rings is 2. The summed E-state index contributed by atoms with van der Waals surface area (Å²) >= 11 is 0. The number of anilines is 1. The first kappa shape index (κ1) is 24.0. The zero-order chi connectivity index (χ0) is 25.3. The second-order valence-corrected chi connectivity index (χ2v) is 10.1. The van der Waals surface area contributed by atoms with Crippen molar-refractivity contribution in [2.45, 2.75) is 23.8 Å². The van der Waals surface area contributed by atoms with Gasteiger partial charge >= 0.3 is 0 Å². The Kier molecular flexibility index (Phi) is 6.50. The molecule has 186 valence electrons. The molecule has 2 N–H and O–H groups in total. The number of pyridine rings is 1. The first-order chi connectivity index (χ1) is 17.3. The average Bonchev–Trinajstić information content (AvgIpc) is 3.33. The van der Waals surface area contributed by atoms with Gasteiger partial charge in [-0.15, -0.1) is 0 Å². The maximum Gasteiger partial charge on any atom is 0.265 e. The summed E-state index contributed by atoms with van der Waals surface area (Å²) in [5.74, 6) is -2.97. The van der Waals surface area contributed by atoms with Crippen molar-refractivity contribution in [3.63, 3.8) is 0 Å². The van der Waals surface area contributed by atoms with Gasteiger partial charge in [0.15, 0.2) is 5.82 Å². The number of rotatable bonds is 6. The Labute approximate surface area is 206 Å². The Balaban J connectivity index is 1.58. The molecule has 4 aromatic rings.